The van der Waals surface area contributed by atoms with E-state index in [4.69, 9.17) is 0 Å². The number of rotatable bonds is 3. The Morgan fingerprint density at radius 2 is 1.45 bits per heavy atom. The summed E-state index contributed by atoms with van der Waals surface area (Å²) in [5.74, 6) is 0. The zero-order chi connectivity index (χ0) is 14.4. The van der Waals surface area contributed by atoms with Crippen LogP contribution in [0.1, 0.15) is 38.3 Å². The predicted octanol–water partition coefficient (Wildman–Crippen LogP) is 5.82. The van der Waals surface area contributed by atoms with Gasteiger partial charge in [-0.05, 0) is 29.0 Å². The molecule has 0 aliphatic heterocycles. The quantitative estimate of drug-likeness (QED) is 0.611. The van der Waals surface area contributed by atoms with Gasteiger partial charge in [-0.3, -0.25) is 0 Å². The monoisotopic (exact) mass is 262 g/mol. The van der Waals surface area contributed by atoms with Crippen molar-refractivity contribution in [2.45, 2.75) is 27.2 Å². The van der Waals surface area contributed by atoms with Gasteiger partial charge in [0, 0.05) is 5.57 Å². The number of hydrogen-bond acceptors (Lipinski definition) is 0. The molecule has 0 unspecified atom stereocenters. The van der Waals surface area contributed by atoms with Crippen molar-refractivity contribution >= 4 is 11.6 Å². The molecule has 0 N–H and O–H groups in total. The second kappa shape index (κ2) is 6.41. The Kier molecular flexibility index (Phi) is 4.61. The van der Waals surface area contributed by atoms with Crippen LogP contribution in [-0.2, 0) is 0 Å². The van der Waals surface area contributed by atoms with Crippen LogP contribution in [0.3, 0.4) is 0 Å². The lowest BCUT2D eigenvalue weighted by Gasteiger charge is -2.19. The van der Waals surface area contributed by atoms with E-state index in [0.29, 0.717) is 0 Å². The van der Waals surface area contributed by atoms with Crippen molar-refractivity contribution in [1.29, 1.82) is 0 Å². The van der Waals surface area contributed by atoms with Gasteiger partial charge in [-0.15, -0.1) is 5.73 Å². The van der Waals surface area contributed by atoms with Crippen molar-refractivity contribution in [3.8, 4) is 0 Å². The lowest BCUT2D eigenvalue weighted by atomic mass is 9.85. The van der Waals surface area contributed by atoms with Gasteiger partial charge in [-0.25, -0.2) is 0 Å². The second-order valence-electron chi connectivity index (χ2n) is 6.28. The van der Waals surface area contributed by atoms with Crippen LogP contribution in [0, 0.1) is 5.41 Å². The molecular weight excluding hydrogens is 240 g/mol. The summed E-state index contributed by atoms with van der Waals surface area (Å²) in [7, 11) is 0. The van der Waals surface area contributed by atoms with Crippen LogP contribution >= 0.6 is 0 Å². The molecule has 2 aromatic carbocycles. The molecule has 0 radical (unpaired) electrons. The summed E-state index contributed by atoms with van der Waals surface area (Å²) in [5, 5.41) is 0. The molecule has 0 aliphatic carbocycles. The van der Waals surface area contributed by atoms with Crippen LogP contribution in [0.25, 0.3) is 11.6 Å². The van der Waals surface area contributed by atoms with Crippen molar-refractivity contribution in [3.05, 3.63) is 77.5 Å². The molecule has 0 aromatic heterocycles. The fourth-order valence-corrected chi connectivity index (χ4v) is 2.13. The first-order chi connectivity index (χ1) is 9.54. The summed E-state index contributed by atoms with van der Waals surface area (Å²) in [6.07, 6.45) is 3.09. The van der Waals surface area contributed by atoms with Gasteiger partial charge in [0.1, 0.15) is 0 Å². The maximum absolute atomic E-state index is 3.50. The van der Waals surface area contributed by atoms with E-state index < -0.39 is 0 Å². The lowest BCUT2D eigenvalue weighted by Crippen LogP contribution is -2.05. The van der Waals surface area contributed by atoms with Crippen molar-refractivity contribution in [3.63, 3.8) is 0 Å². The third-order valence-corrected chi connectivity index (χ3v) is 3.04. The molecule has 0 bridgehead atoms. The highest BCUT2D eigenvalue weighted by atomic mass is 14.2. The van der Waals surface area contributed by atoms with Crippen LogP contribution in [0.15, 0.2) is 66.4 Å². The first kappa shape index (κ1) is 14.4. The van der Waals surface area contributed by atoms with Crippen LogP contribution < -0.4 is 0 Å². The lowest BCUT2D eigenvalue weighted by molar-refractivity contribution is 0.427. The molecule has 0 heterocycles. The number of benzene rings is 2. The first-order valence-corrected chi connectivity index (χ1v) is 7.11. The summed E-state index contributed by atoms with van der Waals surface area (Å²) in [6, 6.07) is 20.9. The third kappa shape index (κ3) is 4.57. The summed E-state index contributed by atoms with van der Waals surface area (Å²) >= 11 is 0. The van der Waals surface area contributed by atoms with E-state index in [1.807, 2.05) is 6.07 Å². The minimum absolute atomic E-state index is 0.253. The van der Waals surface area contributed by atoms with E-state index in [9.17, 15) is 0 Å². The zero-order valence-corrected chi connectivity index (χ0v) is 12.6. The molecule has 0 saturated carbocycles. The van der Waals surface area contributed by atoms with Crippen LogP contribution in [-0.4, -0.2) is 0 Å². The van der Waals surface area contributed by atoms with Crippen molar-refractivity contribution in [1.82, 2.24) is 0 Å². The summed E-state index contributed by atoms with van der Waals surface area (Å²) in [6.45, 7) is 6.79. The van der Waals surface area contributed by atoms with E-state index in [1.165, 1.54) is 16.7 Å². The Morgan fingerprint density at radius 3 is 2.00 bits per heavy atom. The normalized spacial score (nSPS) is 10.8. The molecule has 2 aromatic rings. The topological polar surface area (TPSA) is 0 Å². The molecule has 0 fully saturated rings. The van der Waals surface area contributed by atoms with Gasteiger partial charge in [0.15, 0.2) is 0 Å². The van der Waals surface area contributed by atoms with Gasteiger partial charge in [0.25, 0.3) is 0 Å². The smallest absolute Gasteiger partial charge is 0.00175 e. The third-order valence-electron chi connectivity index (χ3n) is 3.04. The maximum Gasteiger partial charge on any atom is 0.00175 e. The first-order valence-electron chi connectivity index (χ1n) is 7.11. The van der Waals surface area contributed by atoms with Crippen molar-refractivity contribution in [2.75, 3.05) is 0 Å². The minimum Gasteiger partial charge on any atom is -0.116 e. The predicted molar refractivity (Wildman–Crippen MR) is 88.3 cm³/mol. The Morgan fingerprint density at radius 1 is 0.900 bits per heavy atom. The summed E-state index contributed by atoms with van der Waals surface area (Å²) in [5.41, 5.74) is 7.47. The van der Waals surface area contributed by atoms with E-state index in [0.717, 1.165) is 6.42 Å². The van der Waals surface area contributed by atoms with E-state index in [2.05, 4.69) is 87.2 Å². The molecular formula is C20H22. The highest BCUT2D eigenvalue weighted by Crippen LogP contribution is 2.29. The van der Waals surface area contributed by atoms with Crippen LogP contribution in [0.5, 0.6) is 0 Å². The van der Waals surface area contributed by atoms with Gasteiger partial charge in [0.2, 0.25) is 0 Å². The molecule has 20 heavy (non-hydrogen) atoms. The largest absolute Gasteiger partial charge is 0.116 e. The summed E-state index contributed by atoms with van der Waals surface area (Å²) in [4.78, 5) is 0. The van der Waals surface area contributed by atoms with Gasteiger partial charge in [-0.2, -0.15) is 0 Å². The molecule has 0 spiro atoms. The zero-order valence-electron chi connectivity index (χ0n) is 12.6. The summed E-state index contributed by atoms with van der Waals surface area (Å²) < 4.78 is 0. The van der Waals surface area contributed by atoms with Crippen LogP contribution in [0.2, 0.25) is 0 Å². The SMILES string of the molecule is CC(C)(C)CC(=C=Cc1ccccc1)c1ccccc1. The molecule has 102 valence electrons. The van der Waals surface area contributed by atoms with E-state index in [-0.39, 0.29) is 5.41 Å². The van der Waals surface area contributed by atoms with E-state index in [1.54, 1.807) is 0 Å². The standard InChI is InChI=1S/C20H22/c1-20(2,3)16-19(18-12-8-5-9-13-18)15-14-17-10-6-4-7-11-17/h4-14H,16H2,1-3H3. The molecule has 0 amide bonds. The minimum atomic E-state index is 0.253. The highest BCUT2D eigenvalue weighted by Gasteiger charge is 2.14. The molecule has 0 heteroatoms. The van der Waals surface area contributed by atoms with Gasteiger partial charge in [-0.1, -0.05) is 81.4 Å². The average molecular weight is 262 g/mol. The van der Waals surface area contributed by atoms with Gasteiger partial charge >= 0.3 is 0 Å². The highest BCUT2D eigenvalue weighted by molar-refractivity contribution is 5.69. The number of hydrogen-bond donors (Lipinski definition) is 0. The Balaban J connectivity index is 2.39. The van der Waals surface area contributed by atoms with Gasteiger partial charge < -0.3 is 0 Å². The number of allylic oxidation sites excluding steroid dienone is 1. The second-order valence-corrected chi connectivity index (χ2v) is 6.28. The molecule has 0 aliphatic rings. The average Bonchev–Trinajstić information content (AvgIpc) is 2.44. The molecule has 2 rings (SSSR count). The van der Waals surface area contributed by atoms with Crippen molar-refractivity contribution in [2.24, 2.45) is 5.41 Å². The van der Waals surface area contributed by atoms with Crippen LogP contribution in [0.4, 0.5) is 0 Å². The fraction of sp³-hybridized carbons (Fsp3) is 0.250. The molecule has 0 saturated heterocycles. The molecule has 0 atom stereocenters. The van der Waals surface area contributed by atoms with E-state index >= 15 is 0 Å². The van der Waals surface area contributed by atoms with Gasteiger partial charge in [0.05, 0.1) is 0 Å². The van der Waals surface area contributed by atoms with Crippen molar-refractivity contribution < 1.29 is 0 Å². The Bertz CT molecular complexity index is 591. The Hall–Kier alpha value is -2.04. The fourth-order valence-electron chi connectivity index (χ4n) is 2.13. The maximum atomic E-state index is 3.50. The molecule has 0 nitrogen and oxygen atoms in total. The Labute approximate surface area is 122 Å².